The van der Waals surface area contributed by atoms with E-state index in [2.05, 4.69) is 50.3 Å². The van der Waals surface area contributed by atoms with Gasteiger partial charge in [0, 0.05) is 0 Å². The van der Waals surface area contributed by atoms with Gasteiger partial charge in [0.1, 0.15) is 0 Å². The van der Waals surface area contributed by atoms with Gasteiger partial charge in [0.15, 0.2) is 0 Å². The van der Waals surface area contributed by atoms with Crippen LogP contribution in [0.2, 0.25) is 0 Å². The van der Waals surface area contributed by atoms with Crippen LogP contribution in [-0.2, 0) is 21.0 Å². The molecule has 2 aliphatic carbocycles. The van der Waals surface area contributed by atoms with Gasteiger partial charge in [-0.2, -0.15) is 0 Å². The van der Waals surface area contributed by atoms with Crippen molar-refractivity contribution in [2.24, 2.45) is 0 Å². The molecule has 0 aliphatic heterocycles. The van der Waals surface area contributed by atoms with E-state index in [9.17, 15) is 0 Å². The molecule has 0 saturated heterocycles. The number of allylic oxidation sites excluding steroid dienone is 8. The molecule has 0 N–H and O–H groups in total. The Hall–Kier alpha value is -0.300. The molecule has 0 nitrogen and oxygen atoms in total. The first-order chi connectivity index (χ1) is 6.79. The first-order valence-corrected chi connectivity index (χ1v) is 10.6. The van der Waals surface area contributed by atoms with Crippen LogP contribution in [0.25, 0.3) is 0 Å². The van der Waals surface area contributed by atoms with Gasteiger partial charge in [-0.05, 0) is 0 Å². The van der Waals surface area contributed by atoms with Crippen molar-refractivity contribution in [3.05, 3.63) is 43.1 Å². The number of rotatable bonds is 2. The average Bonchev–Trinajstić information content (AvgIpc) is 2.75. The summed E-state index contributed by atoms with van der Waals surface area (Å²) in [6, 6.07) is 0. The van der Waals surface area contributed by atoms with E-state index >= 15 is 0 Å². The van der Waals surface area contributed by atoms with Crippen molar-refractivity contribution in [3.8, 4) is 0 Å². The van der Waals surface area contributed by atoms with Crippen molar-refractivity contribution in [1.82, 2.24) is 0 Å². The second-order valence-corrected chi connectivity index (χ2v) is 14.9. The Labute approximate surface area is 96.7 Å². The molecule has 0 bridgehead atoms. The number of hydrogen-bond acceptors (Lipinski definition) is 0. The Bertz CT molecular complexity index is 362. The summed E-state index contributed by atoms with van der Waals surface area (Å²) >= 11 is -1.69. The van der Waals surface area contributed by atoms with Crippen molar-refractivity contribution >= 4 is 3.26 Å². The molecule has 0 fully saturated rings. The first-order valence-electron chi connectivity index (χ1n) is 5.18. The molecule has 14 heavy (non-hydrogen) atoms. The van der Waals surface area contributed by atoms with Crippen LogP contribution in [0.1, 0.15) is 29.5 Å². The van der Waals surface area contributed by atoms with E-state index in [0.29, 0.717) is 0 Å². The van der Waals surface area contributed by atoms with Crippen LogP contribution in [0, 0.1) is 0 Å². The van der Waals surface area contributed by atoms with E-state index in [0.717, 1.165) is 0 Å². The molecule has 0 saturated carbocycles. The van der Waals surface area contributed by atoms with E-state index in [-0.39, 0.29) is 2.85 Å². The molecular weight excluding hydrogens is 335 g/mol. The van der Waals surface area contributed by atoms with Gasteiger partial charge < -0.3 is 2.85 Å². The zero-order chi connectivity index (χ0) is 9.97. The summed E-state index contributed by atoms with van der Waals surface area (Å²) in [7, 11) is 0. The molecule has 0 unspecified atom stereocenters. The molecule has 0 spiro atoms. The van der Waals surface area contributed by atoms with E-state index in [4.69, 9.17) is 0 Å². The summed E-state index contributed by atoms with van der Waals surface area (Å²) in [6.07, 6.45) is 16.2. The summed E-state index contributed by atoms with van der Waals surface area (Å²) < 4.78 is 5.26. The fourth-order valence-electron chi connectivity index (χ4n) is 2.11. The monoisotopic (exact) mass is 354 g/mol. The molecule has 74 valence electrons. The normalized spacial score (nSPS) is 17.8. The zero-order valence-electron chi connectivity index (χ0n) is 10.9. The standard InChI is InChI=1S/2C5H5.C3H6.Hf.2H/c2*1-2-4-5-3-1;1-3-2;;;/h2*1-3H,4H2;1-2H3;;;/q;;;+2;2*-1. The van der Waals surface area contributed by atoms with Crippen LogP contribution in [-0.4, -0.2) is 3.26 Å². The third-order valence-electron chi connectivity index (χ3n) is 2.68. The van der Waals surface area contributed by atoms with Crippen molar-refractivity contribution in [2.45, 2.75) is 26.7 Å². The molecule has 0 heterocycles. The summed E-state index contributed by atoms with van der Waals surface area (Å²) in [4.78, 5) is 0. The van der Waals surface area contributed by atoms with Crippen molar-refractivity contribution in [1.29, 1.82) is 0 Å². The molecule has 0 atom stereocenters. The maximum Gasteiger partial charge on any atom is -1.00 e. The van der Waals surface area contributed by atoms with E-state index in [1.165, 1.54) is 12.8 Å². The Balaban J connectivity index is 0.00000112. The molecule has 2 rings (SSSR count). The summed E-state index contributed by atoms with van der Waals surface area (Å²) in [5.74, 6) is 0. The van der Waals surface area contributed by atoms with Gasteiger partial charge in [0.05, 0.1) is 0 Å². The van der Waals surface area contributed by atoms with Gasteiger partial charge in [-0.3, -0.25) is 0 Å². The molecule has 0 amide bonds. The Morgan fingerprint density at radius 2 is 1.57 bits per heavy atom. The van der Waals surface area contributed by atoms with Gasteiger partial charge in [0.2, 0.25) is 0 Å². The largest absolute Gasteiger partial charge is 1.00 e. The van der Waals surface area contributed by atoms with E-state index in [1.807, 2.05) is 0 Å². The zero-order valence-corrected chi connectivity index (χ0v) is 12.5. The van der Waals surface area contributed by atoms with Crippen LogP contribution < -0.4 is 0 Å². The molecule has 2 aliphatic rings. The third-order valence-corrected chi connectivity index (χ3v) is 13.6. The topological polar surface area (TPSA) is 0 Å². The maximum atomic E-state index is 2.37. The van der Waals surface area contributed by atoms with Crippen molar-refractivity contribution in [2.75, 3.05) is 0 Å². The van der Waals surface area contributed by atoms with Crippen molar-refractivity contribution in [3.63, 3.8) is 0 Å². The van der Waals surface area contributed by atoms with Gasteiger partial charge in [-0.25, -0.2) is 0 Å². The summed E-state index contributed by atoms with van der Waals surface area (Å²) in [5.41, 5.74) is 0. The van der Waals surface area contributed by atoms with Gasteiger partial charge in [0.25, 0.3) is 0 Å². The second kappa shape index (κ2) is 4.48. The minimum absolute atomic E-state index is 0. The summed E-state index contributed by atoms with van der Waals surface area (Å²) in [6.45, 7) is 4.67. The first kappa shape index (κ1) is 10.2. The van der Waals surface area contributed by atoms with E-state index in [1.54, 1.807) is 9.91 Å². The average molecular weight is 353 g/mol. The maximum absolute atomic E-state index is 2.37. The van der Waals surface area contributed by atoms with Gasteiger partial charge >= 0.3 is 94.0 Å². The van der Waals surface area contributed by atoms with Gasteiger partial charge in [-0.15, -0.1) is 0 Å². The second-order valence-electron chi connectivity index (χ2n) is 4.02. The minimum atomic E-state index is -1.69. The number of hydrogen-bond donors (Lipinski definition) is 0. The van der Waals surface area contributed by atoms with Crippen LogP contribution in [0.15, 0.2) is 43.1 Å². The Kier molecular flexibility index (Phi) is 3.27. The molecule has 1 heteroatoms. The predicted molar refractivity (Wildman–Crippen MR) is 62.3 cm³/mol. The summed E-state index contributed by atoms with van der Waals surface area (Å²) in [5, 5.41) is 0. The Morgan fingerprint density at radius 1 is 1.07 bits per heavy atom. The smallest absolute Gasteiger partial charge is 1.00 e. The quantitative estimate of drug-likeness (QED) is 0.664. The molecule has 0 aromatic carbocycles. The minimum Gasteiger partial charge on any atom is -1.00 e. The third kappa shape index (κ3) is 2.03. The predicted octanol–water partition coefficient (Wildman–Crippen LogP) is 3.73. The van der Waals surface area contributed by atoms with Crippen molar-refractivity contribution < 1.29 is 23.8 Å². The molecular formula is C13H18Hf. The van der Waals surface area contributed by atoms with Crippen LogP contribution in [0.3, 0.4) is 0 Å². The van der Waals surface area contributed by atoms with Crippen LogP contribution in [0.4, 0.5) is 0 Å². The van der Waals surface area contributed by atoms with Crippen LogP contribution in [0.5, 0.6) is 0 Å². The molecule has 0 aromatic rings. The fraction of sp³-hybridized carbons (Fsp3) is 0.308. The van der Waals surface area contributed by atoms with Crippen LogP contribution >= 0.6 is 0 Å². The molecule has 0 aromatic heterocycles. The Morgan fingerprint density at radius 3 is 1.86 bits per heavy atom. The SMILES string of the molecule is C[C](C)=[Hf+2]([C]1=CC=CC1)[C]1=CC=CC1.[H-].[H-]. The molecule has 0 radical (unpaired) electrons. The fourth-order valence-corrected chi connectivity index (χ4v) is 12.4. The van der Waals surface area contributed by atoms with E-state index < -0.39 is 21.0 Å². The van der Waals surface area contributed by atoms with Gasteiger partial charge in [-0.1, -0.05) is 0 Å².